The van der Waals surface area contributed by atoms with Crippen LogP contribution in [0.25, 0.3) is 0 Å². The first kappa shape index (κ1) is 17.2. The lowest BCUT2D eigenvalue weighted by molar-refractivity contribution is -0.192. The van der Waals surface area contributed by atoms with Crippen LogP contribution in [-0.2, 0) is 19.1 Å². The number of hydrogen-bond donors (Lipinski definition) is 2. The molecule has 0 aromatic rings. The van der Waals surface area contributed by atoms with Crippen LogP contribution in [0.2, 0.25) is 0 Å². The Morgan fingerprint density at radius 3 is 1.95 bits per heavy atom. The molecule has 0 aromatic heterocycles. The molecule has 120 valence electrons. The van der Waals surface area contributed by atoms with Crippen LogP contribution < -0.4 is 5.32 Å². The summed E-state index contributed by atoms with van der Waals surface area (Å²) in [7, 11) is 1.38. The van der Waals surface area contributed by atoms with Gasteiger partial charge in [-0.1, -0.05) is 0 Å². The van der Waals surface area contributed by atoms with Crippen LogP contribution >= 0.6 is 0 Å². The molecule has 2 aliphatic rings. The van der Waals surface area contributed by atoms with Gasteiger partial charge in [0.15, 0.2) is 0 Å². The minimum Gasteiger partial charge on any atom is -0.475 e. The Labute approximate surface area is 118 Å². The van der Waals surface area contributed by atoms with Crippen molar-refractivity contribution in [1.82, 2.24) is 10.2 Å². The molecule has 7 nitrogen and oxygen atoms in total. The summed E-state index contributed by atoms with van der Waals surface area (Å²) in [5.41, 5.74) is 0. The number of aliphatic carboxylic acids is 1. The minimum absolute atomic E-state index is 0.100. The summed E-state index contributed by atoms with van der Waals surface area (Å²) in [5.74, 6) is -2.76. The van der Waals surface area contributed by atoms with Gasteiger partial charge in [0.2, 0.25) is 5.91 Å². The number of nitrogens with one attached hydrogen (secondary N) is 1. The van der Waals surface area contributed by atoms with Crippen molar-refractivity contribution in [2.24, 2.45) is 11.8 Å². The van der Waals surface area contributed by atoms with Gasteiger partial charge in [0.05, 0.1) is 18.9 Å². The fourth-order valence-corrected chi connectivity index (χ4v) is 1.70. The molecule has 2 rings (SSSR count). The highest BCUT2D eigenvalue weighted by molar-refractivity contribution is 5.84. The lowest BCUT2D eigenvalue weighted by atomic mass is 9.95. The normalized spacial score (nSPS) is 18.8. The second kappa shape index (κ2) is 6.74. The van der Waals surface area contributed by atoms with E-state index in [1.54, 1.807) is 4.90 Å². The van der Waals surface area contributed by atoms with Gasteiger partial charge in [-0.2, -0.15) is 13.2 Å². The molecule has 2 aliphatic heterocycles. The van der Waals surface area contributed by atoms with Gasteiger partial charge in [-0.05, 0) is 0 Å². The van der Waals surface area contributed by atoms with Crippen LogP contribution in [0.3, 0.4) is 0 Å². The molecule has 10 heteroatoms. The van der Waals surface area contributed by atoms with E-state index in [1.807, 2.05) is 0 Å². The van der Waals surface area contributed by atoms with Crippen LogP contribution in [0.4, 0.5) is 13.2 Å². The van der Waals surface area contributed by atoms with Crippen molar-refractivity contribution in [2.45, 2.75) is 6.18 Å². The third-order valence-corrected chi connectivity index (χ3v) is 3.10. The van der Waals surface area contributed by atoms with Crippen LogP contribution in [0.1, 0.15) is 0 Å². The summed E-state index contributed by atoms with van der Waals surface area (Å²) in [4.78, 5) is 33.3. The molecule has 1 amide bonds. The number of carboxylic acid groups (broad SMARTS) is 1. The summed E-state index contributed by atoms with van der Waals surface area (Å²) >= 11 is 0. The zero-order valence-electron chi connectivity index (χ0n) is 11.1. The van der Waals surface area contributed by atoms with E-state index in [-0.39, 0.29) is 23.7 Å². The first-order valence-corrected chi connectivity index (χ1v) is 6.04. The van der Waals surface area contributed by atoms with E-state index in [1.165, 1.54) is 7.11 Å². The maximum atomic E-state index is 11.6. The number of ether oxygens (including phenoxy) is 1. The fraction of sp³-hybridized carbons (Fsp3) is 0.727. The van der Waals surface area contributed by atoms with Gasteiger partial charge in [0.25, 0.3) is 0 Å². The summed E-state index contributed by atoms with van der Waals surface area (Å²) in [5, 5.41) is 10.2. The van der Waals surface area contributed by atoms with E-state index < -0.39 is 12.1 Å². The van der Waals surface area contributed by atoms with E-state index in [9.17, 15) is 22.8 Å². The highest BCUT2D eigenvalue weighted by Crippen LogP contribution is 2.20. The van der Waals surface area contributed by atoms with Gasteiger partial charge >= 0.3 is 18.1 Å². The Balaban J connectivity index is 0.000000270. The highest BCUT2D eigenvalue weighted by Gasteiger charge is 2.40. The molecule has 0 spiro atoms. The number of hydrogen-bond acceptors (Lipinski definition) is 5. The maximum absolute atomic E-state index is 11.6. The molecule has 0 radical (unpaired) electrons. The monoisotopic (exact) mass is 312 g/mol. The smallest absolute Gasteiger partial charge is 0.475 e. The van der Waals surface area contributed by atoms with Crippen molar-refractivity contribution in [3.63, 3.8) is 0 Å². The molecule has 0 saturated carbocycles. The number of halogens is 3. The van der Waals surface area contributed by atoms with E-state index >= 15 is 0 Å². The summed E-state index contributed by atoms with van der Waals surface area (Å²) < 4.78 is 36.3. The molecule has 2 heterocycles. The van der Waals surface area contributed by atoms with Crippen molar-refractivity contribution in [3.05, 3.63) is 0 Å². The number of alkyl halides is 3. The van der Waals surface area contributed by atoms with Gasteiger partial charge < -0.3 is 20.1 Å². The molecule has 0 atom stereocenters. The Kier molecular flexibility index (Phi) is 5.53. The van der Waals surface area contributed by atoms with Crippen molar-refractivity contribution in [3.8, 4) is 0 Å². The zero-order chi connectivity index (χ0) is 16.2. The minimum atomic E-state index is -5.08. The Morgan fingerprint density at radius 2 is 1.67 bits per heavy atom. The number of carbonyl (C=O) groups is 3. The first-order valence-electron chi connectivity index (χ1n) is 6.04. The van der Waals surface area contributed by atoms with Crippen LogP contribution in [0.5, 0.6) is 0 Å². The number of carbonyl (C=O) groups excluding carboxylic acids is 2. The highest BCUT2D eigenvalue weighted by atomic mass is 19.4. The quantitative estimate of drug-likeness (QED) is 0.666. The molecule has 2 saturated heterocycles. The van der Waals surface area contributed by atoms with Gasteiger partial charge in [-0.15, -0.1) is 0 Å². The second-order valence-corrected chi connectivity index (χ2v) is 4.62. The molecule has 2 N–H and O–H groups in total. The average Bonchev–Trinajstić information content (AvgIpc) is 2.23. The maximum Gasteiger partial charge on any atom is 0.490 e. The number of rotatable bonds is 2. The largest absolute Gasteiger partial charge is 0.490 e. The van der Waals surface area contributed by atoms with Crippen molar-refractivity contribution >= 4 is 17.8 Å². The molecule has 2 fully saturated rings. The number of amides is 1. The number of esters is 1. The average molecular weight is 312 g/mol. The van der Waals surface area contributed by atoms with Crippen molar-refractivity contribution < 1.29 is 37.4 Å². The molecule has 0 aromatic carbocycles. The fourth-order valence-electron chi connectivity index (χ4n) is 1.70. The standard InChI is InChI=1S/C9H14N2O3.C2HF3O2/c1-14-9(13)7-4-11(5-7)8(12)6-2-10-3-6;3-2(4,5)1(6)7/h6-7,10H,2-5H2,1H3;(H,6,7). The topological polar surface area (TPSA) is 95.9 Å². The Bertz CT molecular complexity index is 417. The predicted molar refractivity (Wildman–Crippen MR) is 62.1 cm³/mol. The second-order valence-electron chi connectivity index (χ2n) is 4.62. The SMILES string of the molecule is COC(=O)C1CN(C(=O)C2CNC2)C1.O=C(O)C(F)(F)F. The molecule has 0 aliphatic carbocycles. The number of likely N-dealkylation sites (tertiary alicyclic amines) is 1. The number of nitrogens with zero attached hydrogens (tertiary/aromatic N) is 1. The molecule has 0 bridgehead atoms. The van der Waals surface area contributed by atoms with Crippen LogP contribution in [0.15, 0.2) is 0 Å². The van der Waals surface area contributed by atoms with Gasteiger partial charge in [0.1, 0.15) is 0 Å². The third kappa shape index (κ3) is 4.59. The summed E-state index contributed by atoms with van der Waals surface area (Å²) in [6, 6.07) is 0. The first-order chi connectivity index (χ1) is 9.66. The van der Waals surface area contributed by atoms with E-state index in [2.05, 4.69) is 10.1 Å². The number of carboxylic acids is 1. The lowest BCUT2D eigenvalue weighted by Gasteiger charge is -2.41. The third-order valence-electron chi connectivity index (χ3n) is 3.10. The number of methoxy groups -OCH3 is 1. The zero-order valence-corrected chi connectivity index (χ0v) is 11.1. The van der Waals surface area contributed by atoms with E-state index in [0.717, 1.165) is 13.1 Å². The van der Waals surface area contributed by atoms with Gasteiger partial charge in [0, 0.05) is 26.2 Å². The lowest BCUT2D eigenvalue weighted by Crippen LogP contribution is -2.59. The van der Waals surface area contributed by atoms with Crippen molar-refractivity contribution in [1.29, 1.82) is 0 Å². The predicted octanol–water partition coefficient (Wildman–Crippen LogP) is -0.529. The van der Waals surface area contributed by atoms with Gasteiger partial charge in [-0.3, -0.25) is 9.59 Å². The summed E-state index contributed by atoms with van der Waals surface area (Å²) in [6.07, 6.45) is -5.08. The van der Waals surface area contributed by atoms with Crippen LogP contribution in [-0.4, -0.2) is 67.3 Å². The van der Waals surface area contributed by atoms with Gasteiger partial charge in [-0.25, -0.2) is 4.79 Å². The van der Waals surface area contributed by atoms with E-state index in [0.29, 0.717) is 13.1 Å². The van der Waals surface area contributed by atoms with Crippen LogP contribution in [0, 0.1) is 11.8 Å². The van der Waals surface area contributed by atoms with Crippen molar-refractivity contribution in [2.75, 3.05) is 33.3 Å². The summed E-state index contributed by atoms with van der Waals surface area (Å²) in [6.45, 7) is 2.61. The molecule has 21 heavy (non-hydrogen) atoms. The Hall–Kier alpha value is -1.84. The molecular weight excluding hydrogens is 297 g/mol. The van der Waals surface area contributed by atoms with E-state index in [4.69, 9.17) is 9.90 Å². The molecule has 0 unspecified atom stereocenters. The molecular formula is C11H15F3N2O5. The Morgan fingerprint density at radius 1 is 1.19 bits per heavy atom.